The number of ether oxygens (including phenoxy) is 1. The molecule has 2 saturated heterocycles. The van der Waals surface area contributed by atoms with Crippen molar-refractivity contribution in [2.75, 3.05) is 65.6 Å². The summed E-state index contributed by atoms with van der Waals surface area (Å²) in [5.74, 6) is 1.32. The first-order valence-corrected chi connectivity index (χ1v) is 11.8. The number of carbonyl (C=O) groups excluding carboxylic acids is 2. The SMILES string of the molecule is O=C(NCCCN1CCOCC1)C(C1CCCC1)N1CCN(C(=O)C2CC2)CC1. The van der Waals surface area contributed by atoms with E-state index < -0.39 is 0 Å². The van der Waals surface area contributed by atoms with Gasteiger partial charge in [-0.25, -0.2) is 0 Å². The van der Waals surface area contributed by atoms with Crippen molar-refractivity contribution in [1.29, 1.82) is 0 Å². The molecule has 2 saturated carbocycles. The number of carbonyl (C=O) groups is 2. The molecular formula is C22H38N4O3. The zero-order chi connectivity index (χ0) is 20.1. The molecule has 29 heavy (non-hydrogen) atoms. The first-order chi connectivity index (χ1) is 14.2. The van der Waals surface area contributed by atoms with E-state index in [4.69, 9.17) is 4.74 Å². The van der Waals surface area contributed by atoms with E-state index in [0.29, 0.717) is 17.7 Å². The second-order valence-corrected chi connectivity index (χ2v) is 9.22. The van der Waals surface area contributed by atoms with Crippen molar-refractivity contribution in [2.45, 2.75) is 51.0 Å². The van der Waals surface area contributed by atoms with E-state index in [1.807, 2.05) is 4.90 Å². The van der Waals surface area contributed by atoms with Gasteiger partial charge in [0.1, 0.15) is 0 Å². The summed E-state index contributed by atoms with van der Waals surface area (Å²) >= 11 is 0. The molecule has 0 radical (unpaired) electrons. The molecule has 0 spiro atoms. The highest BCUT2D eigenvalue weighted by atomic mass is 16.5. The van der Waals surface area contributed by atoms with Gasteiger partial charge in [0.25, 0.3) is 0 Å². The number of morpholine rings is 1. The van der Waals surface area contributed by atoms with Crippen molar-refractivity contribution in [1.82, 2.24) is 20.0 Å². The Morgan fingerprint density at radius 2 is 1.62 bits per heavy atom. The van der Waals surface area contributed by atoms with Crippen LogP contribution < -0.4 is 5.32 Å². The van der Waals surface area contributed by atoms with Crippen LogP contribution in [0.4, 0.5) is 0 Å². The van der Waals surface area contributed by atoms with Gasteiger partial charge in [-0.3, -0.25) is 19.4 Å². The molecule has 4 rings (SSSR count). The summed E-state index contributed by atoms with van der Waals surface area (Å²) in [6.07, 6.45) is 7.93. The number of rotatable bonds is 8. The fourth-order valence-electron chi connectivity index (χ4n) is 5.20. The average molecular weight is 407 g/mol. The van der Waals surface area contributed by atoms with Crippen LogP contribution in [0, 0.1) is 11.8 Å². The predicted molar refractivity (Wildman–Crippen MR) is 112 cm³/mol. The molecule has 7 heteroatoms. The molecule has 2 aliphatic carbocycles. The highest BCUT2D eigenvalue weighted by Crippen LogP contribution is 2.33. The third-order valence-electron chi connectivity index (χ3n) is 7.11. The Balaban J connectivity index is 1.25. The summed E-state index contributed by atoms with van der Waals surface area (Å²) in [6, 6.07) is -0.0148. The number of nitrogens with one attached hydrogen (secondary N) is 1. The van der Waals surface area contributed by atoms with Crippen LogP contribution >= 0.6 is 0 Å². The maximum Gasteiger partial charge on any atom is 0.237 e. The molecule has 0 aromatic rings. The maximum atomic E-state index is 13.1. The molecule has 164 valence electrons. The van der Waals surface area contributed by atoms with Crippen LogP contribution in [-0.2, 0) is 14.3 Å². The van der Waals surface area contributed by atoms with Gasteiger partial charge < -0.3 is 15.0 Å². The number of nitrogens with zero attached hydrogens (tertiary/aromatic N) is 3. The van der Waals surface area contributed by atoms with Crippen LogP contribution in [0.5, 0.6) is 0 Å². The lowest BCUT2D eigenvalue weighted by Gasteiger charge is -2.41. The first-order valence-electron chi connectivity index (χ1n) is 11.8. The van der Waals surface area contributed by atoms with Gasteiger partial charge >= 0.3 is 0 Å². The number of amides is 2. The van der Waals surface area contributed by atoms with Gasteiger partial charge in [-0.15, -0.1) is 0 Å². The molecule has 4 fully saturated rings. The Hall–Kier alpha value is -1.18. The molecule has 0 aromatic heterocycles. The van der Waals surface area contributed by atoms with E-state index in [2.05, 4.69) is 15.1 Å². The van der Waals surface area contributed by atoms with Crippen molar-refractivity contribution in [3.63, 3.8) is 0 Å². The average Bonchev–Trinajstić information content (AvgIpc) is 3.48. The fourth-order valence-corrected chi connectivity index (χ4v) is 5.20. The van der Waals surface area contributed by atoms with Gasteiger partial charge in [0.05, 0.1) is 19.3 Å². The summed E-state index contributed by atoms with van der Waals surface area (Å²) in [5.41, 5.74) is 0. The van der Waals surface area contributed by atoms with E-state index in [-0.39, 0.29) is 11.9 Å². The molecule has 2 aliphatic heterocycles. The van der Waals surface area contributed by atoms with Crippen LogP contribution in [-0.4, -0.2) is 98.1 Å². The van der Waals surface area contributed by atoms with E-state index in [1.54, 1.807) is 0 Å². The number of hydrogen-bond donors (Lipinski definition) is 1. The Morgan fingerprint density at radius 3 is 2.28 bits per heavy atom. The Kier molecular flexibility index (Phi) is 7.43. The zero-order valence-corrected chi connectivity index (χ0v) is 17.8. The lowest BCUT2D eigenvalue weighted by atomic mass is 9.95. The molecule has 0 bridgehead atoms. The third kappa shape index (κ3) is 5.70. The zero-order valence-electron chi connectivity index (χ0n) is 17.8. The summed E-state index contributed by atoms with van der Waals surface area (Å²) in [7, 11) is 0. The lowest BCUT2D eigenvalue weighted by molar-refractivity contribution is -0.136. The van der Waals surface area contributed by atoms with Crippen LogP contribution in [0.3, 0.4) is 0 Å². The topological polar surface area (TPSA) is 65.1 Å². The maximum absolute atomic E-state index is 13.1. The van der Waals surface area contributed by atoms with Gasteiger partial charge in [-0.05, 0) is 44.6 Å². The van der Waals surface area contributed by atoms with Gasteiger partial charge in [-0.1, -0.05) is 12.8 Å². The van der Waals surface area contributed by atoms with Crippen molar-refractivity contribution < 1.29 is 14.3 Å². The highest BCUT2D eigenvalue weighted by molar-refractivity contribution is 5.82. The molecule has 0 aromatic carbocycles. The van der Waals surface area contributed by atoms with Crippen LogP contribution in [0.15, 0.2) is 0 Å². The van der Waals surface area contributed by atoms with E-state index in [1.165, 1.54) is 12.8 Å². The van der Waals surface area contributed by atoms with Crippen LogP contribution in [0.2, 0.25) is 0 Å². The van der Waals surface area contributed by atoms with E-state index in [9.17, 15) is 9.59 Å². The monoisotopic (exact) mass is 406 g/mol. The molecule has 7 nitrogen and oxygen atoms in total. The Morgan fingerprint density at radius 1 is 0.931 bits per heavy atom. The minimum Gasteiger partial charge on any atom is -0.379 e. The van der Waals surface area contributed by atoms with Crippen molar-refractivity contribution in [3.05, 3.63) is 0 Å². The fraction of sp³-hybridized carbons (Fsp3) is 0.909. The molecule has 1 N–H and O–H groups in total. The second kappa shape index (κ2) is 10.2. The predicted octanol–water partition coefficient (Wildman–Crippen LogP) is 0.938. The van der Waals surface area contributed by atoms with E-state index in [0.717, 1.165) is 97.7 Å². The molecule has 2 amide bonds. The molecular weight excluding hydrogens is 368 g/mol. The van der Waals surface area contributed by atoms with Crippen LogP contribution in [0.1, 0.15) is 44.9 Å². The minimum absolute atomic E-state index is 0.0148. The minimum atomic E-state index is -0.0148. The summed E-state index contributed by atoms with van der Waals surface area (Å²) in [5, 5.41) is 3.24. The third-order valence-corrected chi connectivity index (χ3v) is 7.11. The van der Waals surface area contributed by atoms with Crippen LogP contribution in [0.25, 0.3) is 0 Å². The van der Waals surface area contributed by atoms with Gasteiger partial charge in [-0.2, -0.15) is 0 Å². The first kappa shape index (κ1) is 21.1. The van der Waals surface area contributed by atoms with Crippen molar-refractivity contribution >= 4 is 11.8 Å². The second-order valence-electron chi connectivity index (χ2n) is 9.22. The molecule has 1 atom stereocenters. The smallest absolute Gasteiger partial charge is 0.237 e. The largest absolute Gasteiger partial charge is 0.379 e. The molecule has 4 aliphatic rings. The lowest BCUT2D eigenvalue weighted by Crippen LogP contribution is -2.58. The Bertz CT molecular complexity index is 548. The number of hydrogen-bond acceptors (Lipinski definition) is 5. The summed E-state index contributed by atoms with van der Waals surface area (Å²) < 4.78 is 5.40. The van der Waals surface area contributed by atoms with Crippen molar-refractivity contribution in [3.8, 4) is 0 Å². The van der Waals surface area contributed by atoms with Gasteiger partial charge in [0.15, 0.2) is 0 Å². The normalized spacial score (nSPS) is 25.9. The van der Waals surface area contributed by atoms with Crippen molar-refractivity contribution in [2.24, 2.45) is 11.8 Å². The Labute approximate surface area is 175 Å². The standard InChI is InChI=1S/C22H38N4O3/c27-21(23-8-3-9-24-14-16-29-17-15-24)20(18-4-1-2-5-18)25-10-12-26(13-11-25)22(28)19-6-7-19/h18-20H,1-17H2,(H,23,27). The van der Waals surface area contributed by atoms with Gasteiger partial charge in [0.2, 0.25) is 11.8 Å². The molecule has 1 unspecified atom stereocenters. The summed E-state index contributed by atoms with van der Waals surface area (Å²) in [6.45, 7) is 8.66. The number of piperazine rings is 1. The summed E-state index contributed by atoms with van der Waals surface area (Å²) in [4.78, 5) is 32.3. The van der Waals surface area contributed by atoms with Gasteiger partial charge in [0, 0.05) is 51.7 Å². The van der Waals surface area contributed by atoms with E-state index >= 15 is 0 Å². The highest BCUT2D eigenvalue weighted by Gasteiger charge is 2.39. The quantitative estimate of drug-likeness (QED) is 0.608. The molecule has 2 heterocycles.